The second kappa shape index (κ2) is 14.8. The van der Waals surface area contributed by atoms with Crippen molar-refractivity contribution in [2.24, 2.45) is 7.05 Å². The number of imide groups is 1. The maximum absolute atomic E-state index is 14.2. The van der Waals surface area contributed by atoms with E-state index in [0.29, 0.717) is 71.1 Å². The molecular formula is C35H40N6O7S2. The molecule has 50 heavy (non-hydrogen) atoms. The Bertz CT molecular complexity index is 2130. The molecule has 2 amide bonds. The number of hydrogen-bond acceptors (Lipinski definition) is 10. The molecule has 4 aromatic rings. The van der Waals surface area contributed by atoms with Crippen molar-refractivity contribution in [2.75, 3.05) is 46.4 Å². The number of pyridine rings is 1. The third kappa shape index (κ3) is 7.22. The maximum Gasteiger partial charge on any atom is 0.290 e. The molecule has 2 aliphatic rings. The van der Waals surface area contributed by atoms with Gasteiger partial charge in [-0.2, -0.15) is 9.40 Å². The molecule has 2 fully saturated rings. The standard InChI is InChI=1S/C35H40N6O7S2/c1-5-7-26-31-32(40(4)38-26)33(42)25(14-19-48-24-11-8-22(9-12-24)20-28-34(43)37-35(44)49-28)30(36-31)23-10-13-29(27(21-23)47-6-2)50(45,46)41-17-15-39(3)16-18-41/h8-13,20-21H,5-7,14-19H2,1-4H3,(H,36,42)(H,37,43,44). The predicted octanol–water partition coefficient (Wildman–Crippen LogP) is 4.16. The lowest BCUT2D eigenvalue weighted by Gasteiger charge is -2.32. The number of aromatic nitrogens is 3. The van der Waals surface area contributed by atoms with E-state index in [-0.39, 0.29) is 35.7 Å². The SMILES string of the molecule is CCCc1nn(C)c2c(=O)c(CCOc3ccc(C=C4SC(=O)NC4=O)cc3)c(-c3ccc(S(=O)(=O)N4CCN(C)CC4)c(OCC)c3)[nH]c12. The number of nitrogens with one attached hydrogen (secondary N) is 2. The van der Waals surface area contributed by atoms with Crippen LogP contribution >= 0.6 is 11.8 Å². The average molecular weight is 721 g/mol. The highest BCUT2D eigenvalue weighted by molar-refractivity contribution is 8.18. The molecule has 2 N–H and O–H groups in total. The van der Waals surface area contributed by atoms with Crippen LogP contribution in [0.2, 0.25) is 0 Å². The van der Waals surface area contributed by atoms with E-state index in [2.05, 4.69) is 20.3 Å². The van der Waals surface area contributed by atoms with Gasteiger partial charge in [0.1, 0.15) is 21.9 Å². The van der Waals surface area contributed by atoms with E-state index < -0.39 is 21.2 Å². The van der Waals surface area contributed by atoms with E-state index in [9.17, 15) is 22.8 Å². The average Bonchev–Trinajstić information content (AvgIpc) is 3.58. The number of aromatic amines is 1. The number of nitrogens with zero attached hydrogens (tertiary/aromatic N) is 4. The highest BCUT2D eigenvalue weighted by atomic mass is 32.2. The smallest absolute Gasteiger partial charge is 0.290 e. The van der Waals surface area contributed by atoms with E-state index in [1.165, 1.54) is 4.31 Å². The van der Waals surface area contributed by atoms with Crippen molar-refractivity contribution in [3.8, 4) is 22.8 Å². The number of fused-ring (bicyclic) bond motifs is 1. The first-order valence-electron chi connectivity index (χ1n) is 16.5. The van der Waals surface area contributed by atoms with Crippen LogP contribution in [0.25, 0.3) is 28.4 Å². The van der Waals surface area contributed by atoms with Gasteiger partial charge < -0.3 is 19.4 Å². The molecule has 0 atom stereocenters. The highest BCUT2D eigenvalue weighted by Crippen LogP contribution is 2.34. The fourth-order valence-corrected chi connectivity index (χ4v) is 8.36. The summed E-state index contributed by atoms with van der Waals surface area (Å²) in [6.07, 6.45) is 3.39. The monoisotopic (exact) mass is 720 g/mol. The first kappa shape index (κ1) is 35.4. The fourth-order valence-electron chi connectivity index (χ4n) is 6.14. The molecule has 0 aliphatic carbocycles. The van der Waals surface area contributed by atoms with E-state index >= 15 is 0 Å². The number of hydrogen-bond donors (Lipinski definition) is 2. The third-order valence-electron chi connectivity index (χ3n) is 8.70. The molecule has 13 nitrogen and oxygen atoms in total. The number of benzene rings is 2. The molecule has 0 radical (unpaired) electrons. The van der Waals surface area contributed by atoms with Crippen LogP contribution in [-0.2, 0) is 34.7 Å². The van der Waals surface area contributed by atoms with Gasteiger partial charge >= 0.3 is 0 Å². The first-order chi connectivity index (χ1) is 24.0. The van der Waals surface area contributed by atoms with Gasteiger partial charge in [-0.25, -0.2) is 8.42 Å². The van der Waals surface area contributed by atoms with Crippen LogP contribution in [0, 0.1) is 0 Å². The summed E-state index contributed by atoms with van der Waals surface area (Å²) in [7, 11) is -0.103. The minimum Gasteiger partial charge on any atom is -0.493 e. The number of carbonyl (C=O) groups excluding carboxylic acids is 2. The van der Waals surface area contributed by atoms with Gasteiger partial charge in [0.25, 0.3) is 11.1 Å². The van der Waals surface area contributed by atoms with Gasteiger partial charge in [-0.05, 0) is 68.1 Å². The van der Waals surface area contributed by atoms with Crippen LogP contribution in [0.1, 0.15) is 37.1 Å². The second-order valence-corrected chi connectivity index (χ2v) is 15.1. The first-order valence-corrected chi connectivity index (χ1v) is 18.8. The van der Waals surface area contributed by atoms with E-state index in [1.54, 1.807) is 67.2 Å². The summed E-state index contributed by atoms with van der Waals surface area (Å²) >= 11 is 0.853. The minimum atomic E-state index is -3.82. The highest BCUT2D eigenvalue weighted by Gasteiger charge is 2.31. The van der Waals surface area contributed by atoms with Crippen molar-refractivity contribution in [1.82, 2.24) is 29.3 Å². The number of amides is 2. The Kier molecular flexibility index (Phi) is 10.5. The van der Waals surface area contributed by atoms with E-state index in [0.717, 1.165) is 29.4 Å². The van der Waals surface area contributed by atoms with Gasteiger partial charge in [0.15, 0.2) is 0 Å². The molecule has 0 spiro atoms. The molecule has 0 unspecified atom stereocenters. The molecule has 4 heterocycles. The number of sulfonamides is 1. The summed E-state index contributed by atoms with van der Waals surface area (Å²) < 4.78 is 42.6. The summed E-state index contributed by atoms with van der Waals surface area (Å²) in [5.74, 6) is 0.363. The van der Waals surface area contributed by atoms with Gasteiger partial charge in [0, 0.05) is 50.8 Å². The van der Waals surface area contributed by atoms with Crippen LogP contribution < -0.4 is 20.2 Å². The van der Waals surface area contributed by atoms with Crippen LogP contribution in [0.4, 0.5) is 4.79 Å². The largest absolute Gasteiger partial charge is 0.493 e. The van der Waals surface area contributed by atoms with Crippen molar-refractivity contribution < 1.29 is 27.5 Å². The number of carbonyl (C=O) groups is 2. The lowest BCUT2D eigenvalue weighted by Crippen LogP contribution is -2.47. The normalized spacial score (nSPS) is 16.8. The Morgan fingerprint density at radius 2 is 1.70 bits per heavy atom. The molecule has 2 aromatic carbocycles. The lowest BCUT2D eigenvalue weighted by molar-refractivity contribution is -0.115. The van der Waals surface area contributed by atoms with Crippen LogP contribution in [-0.4, -0.2) is 90.0 Å². The van der Waals surface area contributed by atoms with Crippen molar-refractivity contribution >= 4 is 50.0 Å². The predicted molar refractivity (Wildman–Crippen MR) is 193 cm³/mol. The molecular weight excluding hydrogens is 681 g/mol. The lowest BCUT2D eigenvalue weighted by atomic mass is 10.0. The van der Waals surface area contributed by atoms with Gasteiger partial charge in [-0.3, -0.25) is 24.4 Å². The minimum absolute atomic E-state index is 0.0897. The number of aryl methyl sites for hydroxylation is 2. The van der Waals surface area contributed by atoms with Gasteiger partial charge in [-0.1, -0.05) is 31.5 Å². The van der Waals surface area contributed by atoms with E-state index in [4.69, 9.17) is 9.47 Å². The summed E-state index contributed by atoms with van der Waals surface area (Å²) in [5.41, 5.74) is 4.04. The quantitative estimate of drug-likeness (QED) is 0.204. The third-order valence-corrected chi connectivity index (χ3v) is 11.4. The van der Waals surface area contributed by atoms with Gasteiger partial charge in [0.05, 0.1) is 35.0 Å². The summed E-state index contributed by atoms with van der Waals surface area (Å²) in [6.45, 7) is 6.34. The van der Waals surface area contributed by atoms with Crippen molar-refractivity contribution in [3.05, 3.63) is 74.4 Å². The Labute approximate surface area is 294 Å². The molecule has 2 aromatic heterocycles. The zero-order chi connectivity index (χ0) is 35.6. The Morgan fingerprint density at radius 1 is 0.960 bits per heavy atom. The molecule has 6 rings (SSSR count). The number of thioether (sulfide) groups is 1. The number of H-pyrrole nitrogens is 1. The van der Waals surface area contributed by atoms with E-state index in [1.807, 2.05) is 14.0 Å². The molecule has 264 valence electrons. The zero-order valence-corrected chi connectivity index (χ0v) is 30.1. The molecule has 0 bridgehead atoms. The molecule has 2 aliphatic heterocycles. The number of ether oxygens (including phenoxy) is 2. The van der Waals surface area contributed by atoms with Crippen molar-refractivity contribution in [2.45, 2.75) is 38.0 Å². The maximum atomic E-state index is 14.2. The van der Waals surface area contributed by atoms with Crippen LogP contribution in [0.15, 0.2) is 57.1 Å². The van der Waals surface area contributed by atoms with Crippen LogP contribution in [0.3, 0.4) is 0 Å². The molecule has 0 saturated carbocycles. The number of piperazine rings is 1. The zero-order valence-electron chi connectivity index (χ0n) is 28.4. The molecule has 15 heteroatoms. The Balaban J connectivity index is 1.33. The van der Waals surface area contributed by atoms with Gasteiger partial charge in [0.2, 0.25) is 15.5 Å². The molecule has 2 saturated heterocycles. The summed E-state index contributed by atoms with van der Waals surface area (Å²) in [6, 6.07) is 12.0. The Hall–Kier alpha value is -4.44. The van der Waals surface area contributed by atoms with Gasteiger partial charge in [-0.15, -0.1) is 0 Å². The summed E-state index contributed by atoms with van der Waals surface area (Å²) in [4.78, 5) is 43.6. The van der Waals surface area contributed by atoms with Crippen LogP contribution in [0.5, 0.6) is 11.5 Å². The number of rotatable bonds is 12. The number of likely N-dealkylation sites (N-methyl/N-ethyl adjacent to an activating group) is 1. The Morgan fingerprint density at radius 3 is 2.36 bits per heavy atom. The summed E-state index contributed by atoms with van der Waals surface area (Å²) in [5, 5.41) is 6.48. The topological polar surface area (TPSA) is 156 Å². The fraction of sp³-hybridized carbons (Fsp3) is 0.371. The van der Waals surface area contributed by atoms with Crippen molar-refractivity contribution in [1.29, 1.82) is 0 Å². The second-order valence-electron chi connectivity index (χ2n) is 12.2. The van der Waals surface area contributed by atoms with Crippen molar-refractivity contribution in [3.63, 3.8) is 0 Å².